The lowest BCUT2D eigenvalue weighted by molar-refractivity contribution is -0.552. The van der Waals surface area contributed by atoms with Crippen molar-refractivity contribution in [1.82, 2.24) is 10.3 Å². The Kier molecular flexibility index (Phi) is 12.6. The van der Waals surface area contributed by atoms with Crippen molar-refractivity contribution >= 4 is 35.0 Å². The van der Waals surface area contributed by atoms with Gasteiger partial charge >= 0.3 is 17.7 Å². The van der Waals surface area contributed by atoms with Crippen LogP contribution in [0, 0.1) is 5.82 Å². The molecule has 0 fully saturated rings. The molecule has 4 heterocycles. The highest BCUT2D eigenvalue weighted by molar-refractivity contribution is 6.00. The van der Waals surface area contributed by atoms with E-state index in [1.807, 2.05) is 105 Å². The molecule has 3 aliphatic rings. The van der Waals surface area contributed by atoms with Crippen LogP contribution in [-0.4, -0.2) is 75.3 Å². The molecule has 3 aliphatic heterocycles. The van der Waals surface area contributed by atoms with Crippen LogP contribution >= 0.6 is 0 Å². The highest BCUT2D eigenvalue weighted by atomic mass is 19.1. The van der Waals surface area contributed by atoms with Crippen LogP contribution in [0.1, 0.15) is 84.7 Å². The van der Waals surface area contributed by atoms with Gasteiger partial charge in [-0.1, -0.05) is 49.2 Å². The van der Waals surface area contributed by atoms with Crippen LogP contribution in [-0.2, 0) is 23.2 Å². The van der Waals surface area contributed by atoms with Crippen molar-refractivity contribution in [2.45, 2.75) is 50.2 Å². The molecule has 360 valence electrons. The van der Waals surface area contributed by atoms with Gasteiger partial charge in [0.05, 0.1) is 12.2 Å². The van der Waals surface area contributed by atoms with Crippen molar-refractivity contribution in [3.63, 3.8) is 0 Å². The van der Waals surface area contributed by atoms with Crippen LogP contribution in [0.4, 0.5) is 21.6 Å². The summed E-state index contributed by atoms with van der Waals surface area (Å²) in [5.41, 5.74) is 7.01. The Hall–Kier alpha value is -8.26. The number of carbonyl (C=O) groups is 3. The van der Waals surface area contributed by atoms with Crippen LogP contribution in [0.25, 0.3) is 11.3 Å². The van der Waals surface area contributed by atoms with Crippen LogP contribution in [0.15, 0.2) is 134 Å². The summed E-state index contributed by atoms with van der Waals surface area (Å²) in [6, 6.07) is 37.5. The molecule has 7 aromatic rings. The number of aromatic nitrogens is 2. The van der Waals surface area contributed by atoms with Crippen LogP contribution < -0.4 is 34.5 Å². The number of benzene rings is 6. The van der Waals surface area contributed by atoms with E-state index in [9.17, 15) is 19.5 Å². The molecule has 1 spiro atoms. The second kappa shape index (κ2) is 19.3. The summed E-state index contributed by atoms with van der Waals surface area (Å²) in [5.74, 6) is 0.601. The Morgan fingerprint density at radius 2 is 1.51 bits per heavy atom. The molecule has 14 heteroatoms. The van der Waals surface area contributed by atoms with Gasteiger partial charge in [-0.3, -0.25) is 10.1 Å². The zero-order valence-electron chi connectivity index (χ0n) is 40.0. The Morgan fingerprint density at radius 3 is 2.20 bits per heavy atom. The number of phenols is 1. The molecule has 13 nitrogen and oxygen atoms in total. The predicted octanol–water partition coefficient (Wildman–Crippen LogP) is 9.22. The first-order valence-electron chi connectivity index (χ1n) is 23.8. The average molecular weight is 954 g/mol. The molecule has 0 aliphatic carbocycles. The number of hydrogen-bond acceptors (Lipinski definition) is 11. The SMILES string of the molecule is CN(C)c1ccc2c(c1)Oc1cc(N(C)C)ccc1C21OC(=O)c2ccc(C(=O)NCCCCCCOc3ccc(CC4Nc5c(Cc6ccccc6)nc(-c6ccc(O)cc6)c[n+]5C4=O)cc3F)cc21. The fourth-order valence-corrected chi connectivity index (χ4v) is 9.58. The normalized spacial score (nSPS) is 14.6. The Morgan fingerprint density at radius 1 is 0.803 bits per heavy atom. The largest absolute Gasteiger partial charge is 0.508 e. The number of unbranched alkanes of at least 4 members (excludes halogenated alkanes) is 3. The summed E-state index contributed by atoms with van der Waals surface area (Å²) in [7, 11) is 7.80. The van der Waals surface area contributed by atoms with Crippen molar-refractivity contribution in [2.24, 2.45) is 0 Å². The maximum atomic E-state index is 15.4. The molecular weight excluding hydrogens is 900 g/mol. The van der Waals surface area contributed by atoms with Gasteiger partial charge in [-0.15, -0.1) is 0 Å². The topological polar surface area (TPSA) is 146 Å². The maximum Gasteiger partial charge on any atom is 0.359 e. The van der Waals surface area contributed by atoms with Crippen LogP contribution in [0.2, 0.25) is 0 Å². The molecule has 6 aromatic carbocycles. The minimum absolute atomic E-state index is 0.136. The highest BCUT2D eigenvalue weighted by Crippen LogP contribution is 2.57. The first kappa shape index (κ1) is 46.5. The van der Waals surface area contributed by atoms with E-state index in [2.05, 4.69) is 10.6 Å². The Balaban J connectivity index is 0.727. The van der Waals surface area contributed by atoms with E-state index in [4.69, 9.17) is 19.2 Å². The number of esters is 1. The number of nitrogens with one attached hydrogen (secondary N) is 2. The standard InChI is InChI=1S/C57H53FN6O7/c1-62(2)39-18-23-43-51(32-39)70-52-33-40(63(3)4)19-24-44(52)57(43)45-31-38(17-22-42(45)56(68)71-57)54(66)59-26-10-5-6-11-27-69-50-25-14-36(28-46(50)58)30-48-55(67)64-34-49(37-15-20-41(65)21-16-37)60-47(53(64)61-48)29-35-12-8-7-9-13-35/h7-9,12-25,28,31-34,48H,5-6,10-11,26-27,29-30H2,1-4H3,(H2,59,65,66)/p+1. The van der Waals surface area contributed by atoms with Crippen molar-refractivity contribution in [3.8, 4) is 34.3 Å². The van der Waals surface area contributed by atoms with Crippen molar-refractivity contribution < 1.29 is 42.7 Å². The van der Waals surface area contributed by atoms with Gasteiger partial charge in [0.1, 0.15) is 34.8 Å². The number of ether oxygens (including phenoxy) is 3. The van der Waals surface area contributed by atoms with Gasteiger partial charge in [0.2, 0.25) is 0 Å². The number of nitrogens with zero attached hydrogens (tertiary/aromatic N) is 4. The molecule has 1 atom stereocenters. The number of hydrogen-bond donors (Lipinski definition) is 3. The number of fused-ring (bicyclic) bond motifs is 7. The second-order valence-corrected chi connectivity index (χ2v) is 18.6. The average Bonchev–Trinajstić information content (AvgIpc) is 3.84. The van der Waals surface area contributed by atoms with E-state index >= 15 is 4.39 Å². The minimum Gasteiger partial charge on any atom is -0.508 e. The summed E-state index contributed by atoms with van der Waals surface area (Å²) in [5, 5.41) is 16.3. The quantitative estimate of drug-likeness (QED) is 0.0484. The van der Waals surface area contributed by atoms with Crippen molar-refractivity contribution in [3.05, 3.63) is 184 Å². The molecule has 1 unspecified atom stereocenters. The summed E-state index contributed by atoms with van der Waals surface area (Å²) in [6.45, 7) is 0.764. The van der Waals surface area contributed by atoms with E-state index < -0.39 is 23.4 Å². The zero-order chi connectivity index (χ0) is 49.4. The molecule has 1 aromatic heterocycles. The number of carbonyl (C=O) groups excluding carboxylic acids is 3. The fraction of sp³-hybridized carbons (Fsp3) is 0.246. The predicted molar refractivity (Wildman–Crippen MR) is 269 cm³/mol. The molecule has 0 saturated heterocycles. The Bertz CT molecular complexity index is 3140. The van der Waals surface area contributed by atoms with E-state index in [-0.39, 0.29) is 29.7 Å². The molecule has 10 rings (SSSR count). The van der Waals surface area contributed by atoms with Gasteiger partial charge in [0, 0.05) is 98.9 Å². The molecule has 71 heavy (non-hydrogen) atoms. The summed E-state index contributed by atoms with van der Waals surface area (Å²) in [4.78, 5) is 50.0. The van der Waals surface area contributed by atoms with E-state index in [0.717, 1.165) is 41.8 Å². The van der Waals surface area contributed by atoms with Crippen LogP contribution in [0.3, 0.4) is 0 Å². The number of phenolic OH excluding ortho intramolecular Hbond substituents is 1. The van der Waals surface area contributed by atoms with Gasteiger partial charge in [-0.2, -0.15) is 4.57 Å². The van der Waals surface area contributed by atoms with Gasteiger partial charge in [-0.25, -0.2) is 19.0 Å². The molecule has 0 radical (unpaired) electrons. The zero-order valence-corrected chi connectivity index (χ0v) is 40.0. The van der Waals surface area contributed by atoms with Gasteiger partial charge in [0.25, 0.3) is 5.91 Å². The number of amides is 1. The lowest BCUT2D eigenvalue weighted by Gasteiger charge is -2.37. The number of anilines is 3. The number of rotatable bonds is 16. The number of halogens is 1. The second-order valence-electron chi connectivity index (χ2n) is 18.6. The van der Waals surface area contributed by atoms with E-state index in [1.54, 1.807) is 65.4 Å². The van der Waals surface area contributed by atoms with Gasteiger partial charge < -0.3 is 34.4 Å². The van der Waals surface area contributed by atoms with Crippen molar-refractivity contribution in [2.75, 3.05) is 56.5 Å². The first-order valence-corrected chi connectivity index (χ1v) is 23.8. The molecular formula is C57H54FN6O7+. The van der Waals surface area contributed by atoms with Crippen LogP contribution in [0.5, 0.6) is 23.0 Å². The lowest BCUT2D eigenvalue weighted by Crippen LogP contribution is -2.44. The molecule has 3 N–H and O–H groups in total. The molecule has 1 amide bonds. The Labute approximate surface area is 411 Å². The van der Waals surface area contributed by atoms with Crippen molar-refractivity contribution in [1.29, 1.82) is 0 Å². The summed E-state index contributed by atoms with van der Waals surface area (Å²) in [6.07, 6.45) is 5.50. The third-order valence-electron chi connectivity index (χ3n) is 13.4. The lowest BCUT2D eigenvalue weighted by atomic mass is 9.77. The first-order chi connectivity index (χ1) is 34.4. The smallest absolute Gasteiger partial charge is 0.359 e. The molecule has 0 bridgehead atoms. The summed E-state index contributed by atoms with van der Waals surface area (Å²) < 4.78 is 35.7. The highest BCUT2D eigenvalue weighted by Gasteiger charge is 2.54. The fourth-order valence-electron chi connectivity index (χ4n) is 9.58. The van der Waals surface area contributed by atoms with Gasteiger partial charge in [-0.05, 0) is 103 Å². The van der Waals surface area contributed by atoms with E-state index in [1.165, 1.54) is 6.07 Å². The summed E-state index contributed by atoms with van der Waals surface area (Å²) >= 11 is 0. The maximum absolute atomic E-state index is 15.4. The van der Waals surface area contributed by atoms with E-state index in [0.29, 0.717) is 88.1 Å². The third-order valence-corrected chi connectivity index (χ3v) is 13.4. The third kappa shape index (κ3) is 9.08. The number of aromatic hydroxyl groups is 1. The molecule has 0 saturated carbocycles. The van der Waals surface area contributed by atoms with Gasteiger partial charge in [0.15, 0.2) is 23.2 Å². The minimum atomic E-state index is -1.32. The monoisotopic (exact) mass is 953 g/mol.